The molecule has 0 fully saturated rings. The topological polar surface area (TPSA) is 56.2 Å². The summed E-state index contributed by atoms with van der Waals surface area (Å²) in [5.74, 6) is 0.450. The second-order valence-corrected chi connectivity index (χ2v) is 7.24. The fourth-order valence-corrected chi connectivity index (χ4v) is 3.28. The minimum Gasteiger partial charge on any atom is -0.410 e. The van der Waals surface area contributed by atoms with Gasteiger partial charge in [-0.1, -0.05) is 60.7 Å². The van der Waals surface area contributed by atoms with Crippen molar-refractivity contribution in [2.75, 3.05) is 6.54 Å². The molecule has 0 aliphatic carbocycles. The highest BCUT2D eigenvalue weighted by atomic mass is 19.4. The second-order valence-electron chi connectivity index (χ2n) is 7.24. The smallest absolute Gasteiger partial charge is 0.410 e. The van der Waals surface area contributed by atoms with Crippen molar-refractivity contribution in [3.05, 3.63) is 102 Å². The normalized spacial score (nSPS) is 11.2. The summed E-state index contributed by atoms with van der Waals surface area (Å²) in [7, 11) is 0. The molecule has 0 radical (unpaired) electrons. The Kier molecular flexibility index (Phi) is 6.44. The lowest BCUT2D eigenvalue weighted by Gasteiger charge is -2.10. The number of nitrogens with zero attached hydrogens (tertiary/aromatic N) is 2. The van der Waals surface area contributed by atoms with E-state index < -0.39 is 18.0 Å². The van der Waals surface area contributed by atoms with E-state index in [0.29, 0.717) is 35.7 Å². The first kappa shape index (κ1) is 22.1. The van der Waals surface area contributed by atoms with Gasteiger partial charge in [0.25, 0.3) is 0 Å². The molecule has 1 aromatic heterocycles. The number of para-hydroxylation sites is 1. The molecular weight excluding hydrogens is 431 g/mol. The highest BCUT2D eigenvalue weighted by Gasteiger charge is 2.35. The Labute approximate surface area is 188 Å². The minimum absolute atomic E-state index is 0.347. The van der Waals surface area contributed by atoms with Crippen LogP contribution in [0.4, 0.5) is 18.0 Å². The van der Waals surface area contributed by atoms with Gasteiger partial charge < -0.3 is 10.1 Å². The summed E-state index contributed by atoms with van der Waals surface area (Å²) in [4.78, 5) is 11.9. The van der Waals surface area contributed by atoms with E-state index in [1.54, 1.807) is 78.9 Å². The maximum absolute atomic E-state index is 13.3. The third kappa shape index (κ3) is 5.60. The summed E-state index contributed by atoms with van der Waals surface area (Å²) in [5.41, 5.74) is 1.44. The van der Waals surface area contributed by atoms with Gasteiger partial charge in [0, 0.05) is 12.1 Å². The van der Waals surface area contributed by atoms with Gasteiger partial charge in [-0.3, -0.25) is 0 Å². The molecule has 1 heterocycles. The molecule has 4 aromatic rings. The van der Waals surface area contributed by atoms with Crippen LogP contribution in [0.2, 0.25) is 0 Å². The average molecular weight is 451 g/mol. The van der Waals surface area contributed by atoms with Crippen LogP contribution in [0.15, 0.2) is 91.0 Å². The molecule has 168 valence electrons. The van der Waals surface area contributed by atoms with Gasteiger partial charge in [0.1, 0.15) is 5.75 Å². The molecule has 0 atom stereocenters. The monoisotopic (exact) mass is 451 g/mol. The standard InChI is InChI=1S/C25H20F3N3O2/c26-25(27,28)23-17-22(19-7-3-1-4-8-19)31(30-23)20-13-11-18(12-14-20)15-16-29-24(32)33-21-9-5-2-6-10-21/h1-14,17H,15-16H2,(H,29,32). The van der Waals surface area contributed by atoms with E-state index in [1.807, 2.05) is 6.07 Å². The van der Waals surface area contributed by atoms with E-state index in [2.05, 4.69) is 10.4 Å². The third-order valence-corrected chi connectivity index (χ3v) is 4.89. The molecule has 0 spiro atoms. The van der Waals surface area contributed by atoms with Crippen LogP contribution in [-0.4, -0.2) is 22.4 Å². The van der Waals surface area contributed by atoms with Crippen molar-refractivity contribution in [2.24, 2.45) is 0 Å². The molecule has 1 amide bonds. The molecule has 5 nitrogen and oxygen atoms in total. The summed E-state index contributed by atoms with van der Waals surface area (Å²) in [5, 5.41) is 6.47. The molecule has 3 aromatic carbocycles. The zero-order valence-corrected chi connectivity index (χ0v) is 17.4. The first-order valence-electron chi connectivity index (χ1n) is 10.2. The fraction of sp³-hybridized carbons (Fsp3) is 0.120. The molecule has 0 aliphatic rings. The van der Waals surface area contributed by atoms with Crippen molar-refractivity contribution in [3.8, 4) is 22.7 Å². The molecule has 0 unspecified atom stereocenters. The minimum atomic E-state index is -4.55. The van der Waals surface area contributed by atoms with Crippen molar-refractivity contribution in [1.29, 1.82) is 0 Å². The third-order valence-electron chi connectivity index (χ3n) is 4.89. The Hall–Kier alpha value is -4.07. The first-order chi connectivity index (χ1) is 15.9. The molecule has 0 aliphatic heterocycles. The van der Waals surface area contributed by atoms with E-state index in [4.69, 9.17) is 4.74 Å². The van der Waals surface area contributed by atoms with E-state index in [-0.39, 0.29) is 0 Å². The maximum atomic E-state index is 13.3. The van der Waals surface area contributed by atoms with Crippen LogP contribution in [0, 0.1) is 0 Å². The Morgan fingerprint density at radius 3 is 2.18 bits per heavy atom. The van der Waals surface area contributed by atoms with Crippen molar-refractivity contribution < 1.29 is 22.7 Å². The lowest BCUT2D eigenvalue weighted by atomic mass is 10.1. The van der Waals surface area contributed by atoms with Gasteiger partial charge >= 0.3 is 12.3 Å². The van der Waals surface area contributed by atoms with Gasteiger partial charge in [0.2, 0.25) is 0 Å². The number of ether oxygens (including phenoxy) is 1. The summed E-state index contributed by atoms with van der Waals surface area (Å²) in [6.45, 7) is 0.347. The van der Waals surface area contributed by atoms with Gasteiger partial charge in [0.05, 0.1) is 11.4 Å². The van der Waals surface area contributed by atoms with Crippen LogP contribution >= 0.6 is 0 Å². The molecule has 33 heavy (non-hydrogen) atoms. The first-order valence-corrected chi connectivity index (χ1v) is 10.2. The van der Waals surface area contributed by atoms with Crippen LogP contribution in [0.1, 0.15) is 11.3 Å². The van der Waals surface area contributed by atoms with Crippen molar-refractivity contribution in [3.63, 3.8) is 0 Å². The molecular formula is C25H20F3N3O2. The van der Waals surface area contributed by atoms with Crippen LogP contribution in [0.5, 0.6) is 5.75 Å². The molecule has 4 rings (SSSR count). The Morgan fingerprint density at radius 1 is 0.909 bits per heavy atom. The SMILES string of the molecule is O=C(NCCc1ccc(-n2nc(C(F)(F)F)cc2-c2ccccc2)cc1)Oc1ccccc1. The largest absolute Gasteiger partial charge is 0.435 e. The average Bonchev–Trinajstić information content (AvgIpc) is 3.27. The lowest BCUT2D eigenvalue weighted by molar-refractivity contribution is -0.141. The van der Waals surface area contributed by atoms with Gasteiger partial charge in [-0.05, 0) is 42.3 Å². The molecule has 0 bridgehead atoms. The quantitative estimate of drug-likeness (QED) is 0.398. The zero-order valence-electron chi connectivity index (χ0n) is 17.4. The number of alkyl halides is 3. The van der Waals surface area contributed by atoms with Gasteiger partial charge in [0.15, 0.2) is 5.69 Å². The van der Waals surface area contributed by atoms with Crippen LogP contribution in [0.25, 0.3) is 16.9 Å². The number of hydrogen-bond acceptors (Lipinski definition) is 3. The summed E-state index contributed by atoms with van der Waals surface area (Å²) in [6.07, 6.45) is -4.57. The van der Waals surface area contributed by atoms with Crippen molar-refractivity contribution in [1.82, 2.24) is 15.1 Å². The molecule has 8 heteroatoms. The van der Waals surface area contributed by atoms with Gasteiger partial charge in [-0.2, -0.15) is 18.3 Å². The number of amides is 1. The van der Waals surface area contributed by atoms with Crippen molar-refractivity contribution in [2.45, 2.75) is 12.6 Å². The predicted molar refractivity (Wildman–Crippen MR) is 118 cm³/mol. The summed E-state index contributed by atoms with van der Waals surface area (Å²) in [6, 6.07) is 25.6. The summed E-state index contributed by atoms with van der Waals surface area (Å²) >= 11 is 0. The van der Waals surface area contributed by atoms with Crippen LogP contribution < -0.4 is 10.1 Å². The number of halogens is 3. The highest BCUT2D eigenvalue weighted by Crippen LogP contribution is 2.33. The van der Waals surface area contributed by atoms with Gasteiger partial charge in [-0.15, -0.1) is 0 Å². The number of aromatic nitrogens is 2. The lowest BCUT2D eigenvalue weighted by Crippen LogP contribution is -2.28. The zero-order chi connectivity index (χ0) is 23.3. The molecule has 0 saturated heterocycles. The van der Waals surface area contributed by atoms with Crippen molar-refractivity contribution >= 4 is 6.09 Å². The number of carbonyl (C=O) groups is 1. The number of hydrogen-bond donors (Lipinski definition) is 1. The van der Waals surface area contributed by atoms with E-state index >= 15 is 0 Å². The summed E-state index contributed by atoms with van der Waals surface area (Å²) < 4.78 is 46.3. The second kappa shape index (κ2) is 9.60. The van der Waals surface area contributed by atoms with E-state index in [1.165, 1.54) is 4.68 Å². The number of benzene rings is 3. The van der Waals surface area contributed by atoms with E-state index in [0.717, 1.165) is 11.6 Å². The maximum Gasteiger partial charge on any atom is 0.435 e. The van der Waals surface area contributed by atoms with Gasteiger partial charge in [-0.25, -0.2) is 9.48 Å². The number of nitrogens with one attached hydrogen (secondary N) is 1. The Balaban J connectivity index is 1.45. The number of rotatable bonds is 6. The van der Waals surface area contributed by atoms with Crippen LogP contribution in [0.3, 0.4) is 0 Å². The fourth-order valence-electron chi connectivity index (χ4n) is 3.28. The van der Waals surface area contributed by atoms with Crippen LogP contribution in [-0.2, 0) is 12.6 Å². The highest BCUT2D eigenvalue weighted by molar-refractivity contribution is 5.70. The molecule has 1 N–H and O–H groups in total. The Morgan fingerprint density at radius 2 is 1.55 bits per heavy atom. The number of carbonyl (C=O) groups excluding carboxylic acids is 1. The Bertz CT molecular complexity index is 1210. The molecule has 0 saturated carbocycles. The van der Waals surface area contributed by atoms with E-state index in [9.17, 15) is 18.0 Å². The predicted octanol–water partition coefficient (Wildman–Crippen LogP) is 5.89.